The largest absolute Gasteiger partial charge is 0.490 e. The lowest BCUT2D eigenvalue weighted by Crippen LogP contribution is -2.03. The third-order valence-corrected chi connectivity index (χ3v) is 3.89. The molecule has 0 aliphatic heterocycles. The average molecular weight is 436 g/mol. The van der Waals surface area contributed by atoms with Gasteiger partial charge in [-0.25, -0.2) is 4.79 Å². The molecular weight excluding hydrogens is 418 g/mol. The number of nitro groups is 1. The standard InChI is InChI=1S/C19H18BrNO6/c1-3-25-17-12-13(11-16(20)19(17)26-4-2)5-10-18(22)27-15-8-6-14(7-9-15)21(23)24/h5-12H,3-4H2,1-2H3/b10-5+. The van der Waals surface area contributed by atoms with Crippen LogP contribution < -0.4 is 14.2 Å². The van der Waals surface area contributed by atoms with Gasteiger partial charge in [-0.2, -0.15) is 0 Å². The number of esters is 1. The van der Waals surface area contributed by atoms with Crippen molar-refractivity contribution in [3.05, 3.63) is 62.6 Å². The van der Waals surface area contributed by atoms with Crippen molar-refractivity contribution in [1.29, 1.82) is 0 Å². The Kier molecular flexibility index (Phi) is 7.36. The van der Waals surface area contributed by atoms with Gasteiger partial charge in [0.2, 0.25) is 0 Å². The van der Waals surface area contributed by atoms with Crippen LogP contribution in [0.4, 0.5) is 5.69 Å². The maximum Gasteiger partial charge on any atom is 0.336 e. The highest BCUT2D eigenvalue weighted by Crippen LogP contribution is 2.37. The summed E-state index contributed by atoms with van der Waals surface area (Å²) >= 11 is 3.44. The quantitative estimate of drug-likeness (QED) is 0.195. The molecule has 0 radical (unpaired) electrons. The number of nitrogens with zero attached hydrogens (tertiary/aromatic N) is 1. The Morgan fingerprint density at radius 3 is 2.41 bits per heavy atom. The van der Waals surface area contributed by atoms with Crippen LogP contribution in [-0.2, 0) is 4.79 Å². The fourth-order valence-corrected chi connectivity index (χ4v) is 2.76. The van der Waals surface area contributed by atoms with Crippen LogP contribution in [0.15, 0.2) is 46.9 Å². The van der Waals surface area contributed by atoms with Crippen LogP contribution >= 0.6 is 15.9 Å². The molecule has 27 heavy (non-hydrogen) atoms. The minimum atomic E-state index is -0.605. The number of non-ortho nitro benzene ring substituents is 1. The molecule has 8 heteroatoms. The highest BCUT2D eigenvalue weighted by molar-refractivity contribution is 9.10. The van der Waals surface area contributed by atoms with Crippen molar-refractivity contribution in [3.63, 3.8) is 0 Å². The van der Waals surface area contributed by atoms with E-state index in [2.05, 4.69) is 15.9 Å². The normalized spacial score (nSPS) is 10.6. The molecule has 0 unspecified atom stereocenters. The van der Waals surface area contributed by atoms with Crippen LogP contribution in [0.1, 0.15) is 19.4 Å². The van der Waals surface area contributed by atoms with Gasteiger partial charge in [0.05, 0.1) is 22.6 Å². The molecule has 0 aromatic heterocycles. The van der Waals surface area contributed by atoms with E-state index in [-0.39, 0.29) is 11.4 Å². The van der Waals surface area contributed by atoms with Crippen LogP contribution in [0.5, 0.6) is 17.2 Å². The number of hydrogen-bond donors (Lipinski definition) is 0. The summed E-state index contributed by atoms with van der Waals surface area (Å²) in [5.41, 5.74) is 0.641. The molecule has 0 aliphatic carbocycles. The van der Waals surface area contributed by atoms with Crippen molar-refractivity contribution in [2.24, 2.45) is 0 Å². The summed E-state index contributed by atoms with van der Waals surface area (Å²) in [6.07, 6.45) is 2.84. The van der Waals surface area contributed by atoms with Crippen LogP contribution in [0, 0.1) is 10.1 Å². The summed E-state index contributed by atoms with van der Waals surface area (Å²) in [5, 5.41) is 10.6. The van der Waals surface area contributed by atoms with Gasteiger partial charge in [0.15, 0.2) is 11.5 Å². The third-order valence-electron chi connectivity index (χ3n) is 3.30. The fraction of sp³-hybridized carbons (Fsp3) is 0.211. The number of carbonyl (C=O) groups is 1. The van der Waals surface area contributed by atoms with Crippen molar-refractivity contribution in [2.45, 2.75) is 13.8 Å². The fourth-order valence-electron chi connectivity index (χ4n) is 2.18. The number of rotatable bonds is 8. The summed E-state index contributed by atoms with van der Waals surface area (Å²) in [4.78, 5) is 22.1. The van der Waals surface area contributed by atoms with Crippen molar-refractivity contribution >= 4 is 33.7 Å². The maximum atomic E-state index is 12.0. The second kappa shape index (κ2) is 9.72. The first-order valence-corrected chi connectivity index (χ1v) is 8.97. The second-order valence-corrected chi connectivity index (χ2v) is 6.06. The first-order valence-electron chi connectivity index (χ1n) is 8.18. The SMILES string of the molecule is CCOc1cc(/C=C/C(=O)Oc2ccc([N+](=O)[O-])cc2)cc(Br)c1OCC. The Labute approximate surface area is 164 Å². The van der Waals surface area contributed by atoms with Crippen LogP contribution in [0.2, 0.25) is 0 Å². The average Bonchev–Trinajstić information content (AvgIpc) is 2.63. The van der Waals surface area contributed by atoms with Gasteiger partial charge in [0.25, 0.3) is 5.69 Å². The van der Waals surface area contributed by atoms with Gasteiger partial charge < -0.3 is 14.2 Å². The van der Waals surface area contributed by atoms with E-state index in [0.717, 1.165) is 5.56 Å². The van der Waals surface area contributed by atoms with Crippen molar-refractivity contribution < 1.29 is 23.9 Å². The Bertz CT molecular complexity index is 848. The number of carbonyl (C=O) groups excluding carboxylic acids is 1. The highest BCUT2D eigenvalue weighted by atomic mass is 79.9. The molecule has 7 nitrogen and oxygen atoms in total. The number of ether oxygens (including phenoxy) is 3. The smallest absolute Gasteiger partial charge is 0.336 e. The zero-order valence-electron chi connectivity index (χ0n) is 14.8. The minimum Gasteiger partial charge on any atom is -0.490 e. The van der Waals surface area contributed by atoms with E-state index in [4.69, 9.17) is 14.2 Å². The van der Waals surface area contributed by atoms with Crippen molar-refractivity contribution in [2.75, 3.05) is 13.2 Å². The number of nitro benzene ring substituents is 1. The number of halogens is 1. The molecule has 0 saturated carbocycles. The molecule has 0 bridgehead atoms. The third kappa shape index (κ3) is 5.82. The minimum absolute atomic E-state index is 0.0759. The van der Waals surface area contributed by atoms with Crippen LogP contribution in [-0.4, -0.2) is 24.1 Å². The van der Waals surface area contributed by atoms with Crippen LogP contribution in [0.25, 0.3) is 6.08 Å². The molecule has 0 fully saturated rings. The Balaban J connectivity index is 2.11. The summed E-state index contributed by atoms with van der Waals surface area (Å²) in [7, 11) is 0. The van der Waals surface area contributed by atoms with E-state index in [0.29, 0.717) is 29.2 Å². The molecule has 142 valence electrons. The monoisotopic (exact) mass is 435 g/mol. The Hall–Kier alpha value is -2.87. The zero-order chi connectivity index (χ0) is 19.8. The van der Waals surface area contributed by atoms with Gasteiger partial charge in [0, 0.05) is 18.2 Å². The summed E-state index contributed by atoms with van der Waals surface area (Å²) in [6.45, 7) is 4.72. The Morgan fingerprint density at radius 2 is 1.81 bits per heavy atom. The topological polar surface area (TPSA) is 87.9 Å². The van der Waals surface area contributed by atoms with Gasteiger partial charge in [-0.05, 0) is 65.7 Å². The van der Waals surface area contributed by atoms with Gasteiger partial charge in [-0.3, -0.25) is 10.1 Å². The molecule has 0 amide bonds. The first-order chi connectivity index (χ1) is 12.9. The van der Waals surface area contributed by atoms with Crippen LogP contribution in [0.3, 0.4) is 0 Å². The second-order valence-electron chi connectivity index (χ2n) is 5.20. The maximum absolute atomic E-state index is 12.0. The predicted molar refractivity (Wildman–Crippen MR) is 104 cm³/mol. The van der Waals surface area contributed by atoms with E-state index in [1.807, 2.05) is 13.8 Å². The first kappa shape index (κ1) is 20.4. The molecule has 2 rings (SSSR count). The lowest BCUT2D eigenvalue weighted by atomic mass is 10.2. The van der Waals surface area contributed by atoms with Gasteiger partial charge in [0.1, 0.15) is 5.75 Å². The molecule has 0 aliphatic rings. The van der Waals surface area contributed by atoms with E-state index in [9.17, 15) is 14.9 Å². The van der Waals surface area contributed by atoms with Gasteiger partial charge in [-0.1, -0.05) is 0 Å². The zero-order valence-corrected chi connectivity index (χ0v) is 16.4. The molecule has 2 aromatic carbocycles. The summed E-state index contributed by atoms with van der Waals surface area (Å²) < 4.78 is 17.0. The number of hydrogen-bond acceptors (Lipinski definition) is 6. The molecule has 2 aromatic rings. The van der Waals surface area contributed by atoms with Gasteiger partial charge in [-0.15, -0.1) is 0 Å². The molecule has 0 N–H and O–H groups in total. The molecule has 0 heterocycles. The molecule has 0 spiro atoms. The summed E-state index contributed by atoms with van der Waals surface area (Å²) in [6, 6.07) is 8.82. The van der Waals surface area contributed by atoms with E-state index >= 15 is 0 Å². The lowest BCUT2D eigenvalue weighted by molar-refractivity contribution is -0.384. The lowest BCUT2D eigenvalue weighted by Gasteiger charge is -2.13. The summed E-state index contributed by atoms with van der Waals surface area (Å²) in [5.74, 6) is 0.784. The molecule has 0 atom stereocenters. The highest BCUT2D eigenvalue weighted by Gasteiger charge is 2.11. The predicted octanol–water partition coefficient (Wildman–Crippen LogP) is 4.77. The van der Waals surface area contributed by atoms with E-state index in [1.165, 1.54) is 30.3 Å². The molecular formula is C19H18BrNO6. The van der Waals surface area contributed by atoms with Crippen molar-refractivity contribution in [1.82, 2.24) is 0 Å². The number of benzene rings is 2. The van der Waals surface area contributed by atoms with E-state index < -0.39 is 10.9 Å². The van der Waals surface area contributed by atoms with E-state index in [1.54, 1.807) is 18.2 Å². The Morgan fingerprint density at radius 1 is 1.15 bits per heavy atom. The van der Waals surface area contributed by atoms with Gasteiger partial charge >= 0.3 is 5.97 Å². The van der Waals surface area contributed by atoms with Crippen molar-refractivity contribution in [3.8, 4) is 17.2 Å². The molecule has 0 saturated heterocycles.